The van der Waals surface area contributed by atoms with E-state index in [1.54, 1.807) is 18.1 Å². The van der Waals surface area contributed by atoms with E-state index in [0.717, 1.165) is 25.1 Å². The number of methoxy groups -OCH3 is 1. The monoisotopic (exact) mass is 298 g/mol. The number of allylic oxidation sites excluding steroid dienone is 2. The number of aromatic hydroxyl groups is 1. The standard InChI is InChI=1S/C18H19NO3/c1-19-8-7-18-11-4-6-14(21-2)17(18)22-16-13(20)5-3-10(15(16)18)9-12(11)19/h3-6,12,17,20H,7-9H2,1-2H3/p+1/t12-,17+,18?/m0/s1. The van der Waals surface area contributed by atoms with Crippen molar-refractivity contribution >= 4 is 0 Å². The molecule has 2 aliphatic heterocycles. The zero-order valence-corrected chi connectivity index (χ0v) is 12.8. The van der Waals surface area contributed by atoms with Gasteiger partial charge in [-0.3, -0.25) is 0 Å². The Kier molecular flexibility index (Phi) is 2.22. The molecule has 4 nitrogen and oxygen atoms in total. The Hall–Kier alpha value is -1.94. The fourth-order valence-electron chi connectivity index (χ4n) is 5.09. The number of rotatable bonds is 1. The maximum absolute atomic E-state index is 10.3. The van der Waals surface area contributed by atoms with Gasteiger partial charge in [-0.2, -0.15) is 0 Å². The molecule has 22 heavy (non-hydrogen) atoms. The first-order valence-electron chi connectivity index (χ1n) is 7.97. The zero-order valence-electron chi connectivity index (χ0n) is 12.8. The average Bonchev–Trinajstić information content (AvgIpc) is 2.88. The molecule has 1 spiro atoms. The van der Waals surface area contributed by atoms with Crippen LogP contribution in [0.5, 0.6) is 11.5 Å². The summed E-state index contributed by atoms with van der Waals surface area (Å²) in [4.78, 5) is 1.57. The molecular weight excluding hydrogens is 278 g/mol. The molecule has 0 saturated carbocycles. The van der Waals surface area contributed by atoms with Gasteiger partial charge in [-0.05, 0) is 17.7 Å². The lowest BCUT2D eigenvalue weighted by molar-refractivity contribution is -0.906. The predicted octanol–water partition coefficient (Wildman–Crippen LogP) is 0.704. The molecule has 2 unspecified atom stereocenters. The number of hydrogen-bond donors (Lipinski definition) is 2. The molecule has 4 heteroatoms. The highest BCUT2D eigenvalue weighted by Gasteiger charge is 2.63. The molecule has 4 atom stereocenters. The van der Waals surface area contributed by atoms with Gasteiger partial charge in [-0.15, -0.1) is 0 Å². The van der Waals surface area contributed by atoms with E-state index in [4.69, 9.17) is 9.47 Å². The van der Waals surface area contributed by atoms with E-state index in [0.29, 0.717) is 11.8 Å². The van der Waals surface area contributed by atoms with Gasteiger partial charge in [0.25, 0.3) is 0 Å². The Balaban J connectivity index is 1.86. The molecule has 2 N–H and O–H groups in total. The van der Waals surface area contributed by atoms with Crippen LogP contribution in [0.3, 0.4) is 0 Å². The van der Waals surface area contributed by atoms with Crippen molar-refractivity contribution in [3.63, 3.8) is 0 Å². The van der Waals surface area contributed by atoms with E-state index < -0.39 is 0 Å². The first kappa shape index (κ1) is 12.6. The molecule has 1 saturated heterocycles. The van der Waals surface area contributed by atoms with E-state index in [2.05, 4.69) is 25.3 Å². The molecule has 0 aromatic heterocycles. The maximum Gasteiger partial charge on any atom is 0.169 e. The third-order valence-corrected chi connectivity index (χ3v) is 6.10. The highest BCUT2D eigenvalue weighted by Crippen LogP contribution is 2.60. The van der Waals surface area contributed by atoms with Crippen molar-refractivity contribution in [2.75, 3.05) is 20.7 Å². The minimum Gasteiger partial charge on any atom is -0.504 e. The second kappa shape index (κ2) is 3.87. The summed E-state index contributed by atoms with van der Waals surface area (Å²) in [5.74, 6) is 1.80. The van der Waals surface area contributed by atoms with Crippen LogP contribution in [0.4, 0.5) is 0 Å². The lowest BCUT2D eigenvalue weighted by Crippen LogP contribution is -3.15. The summed E-state index contributed by atoms with van der Waals surface area (Å²) in [6.45, 7) is 1.12. The van der Waals surface area contributed by atoms with Crippen LogP contribution in [0.1, 0.15) is 17.5 Å². The topological polar surface area (TPSA) is 43.1 Å². The lowest BCUT2D eigenvalue weighted by atomic mass is 9.57. The normalized spacial score (nSPS) is 36.9. The van der Waals surface area contributed by atoms with Crippen molar-refractivity contribution < 1.29 is 19.5 Å². The Bertz CT molecular complexity index is 751. The first-order chi connectivity index (χ1) is 10.7. The zero-order chi connectivity index (χ0) is 15.1. The Morgan fingerprint density at radius 1 is 1.36 bits per heavy atom. The molecule has 1 aromatic rings. The maximum atomic E-state index is 10.3. The molecule has 2 bridgehead atoms. The van der Waals surface area contributed by atoms with Crippen molar-refractivity contribution in [2.45, 2.75) is 30.4 Å². The second-order valence-corrected chi connectivity index (χ2v) is 6.92. The van der Waals surface area contributed by atoms with Gasteiger partial charge < -0.3 is 19.5 Å². The molecule has 2 heterocycles. The Morgan fingerprint density at radius 3 is 3.05 bits per heavy atom. The molecule has 1 fully saturated rings. The second-order valence-electron chi connectivity index (χ2n) is 6.92. The Labute approximate surface area is 129 Å². The lowest BCUT2D eigenvalue weighted by Gasteiger charge is -2.50. The molecule has 2 aliphatic carbocycles. The number of piperidine rings is 1. The van der Waals surface area contributed by atoms with Gasteiger partial charge in [0.05, 0.1) is 26.1 Å². The van der Waals surface area contributed by atoms with Crippen molar-refractivity contribution in [3.05, 3.63) is 46.7 Å². The van der Waals surface area contributed by atoms with E-state index >= 15 is 0 Å². The summed E-state index contributed by atoms with van der Waals surface area (Å²) in [5.41, 5.74) is 3.87. The molecule has 1 aromatic carbocycles. The number of likely N-dealkylation sites (tertiary alicyclic amines) is 1. The van der Waals surface area contributed by atoms with E-state index in [9.17, 15) is 5.11 Å². The molecular formula is C18H20NO3+. The highest BCUT2D eigenvalue weighted by atomic mass is 16.5. The average molecular weight is 298 g/mol. The Morgan fingerprint density at radius 2 is 2.23 bits per heavy atom. The molecule has 4 aliphatic rings. The summed E-state index contributed by atoms with van der Waals surface area (Å²) >= 11 is 0. The van der Waals surface area contributed by atoms with Gasteiger partial charge in [0, 0.05) is 24.0 Å². The van der Waals surface area contributed by atoms with Gasteiger partial charge in [0.15, 0.2) is 17.6 Å². The summed E-state index contributed by atoms with van der Waals surface area (Å²) in [7, 11) is 3.99. The van der Waals surface area contributed by atoms with E-state index in [-0.39, 0.29) is 17.3 Å². The largest absolute Gasteiger partial charge is 0.504 e. The van der Waals surface area contributed by atoms with E-state index in [1.807, 2.05) is 0 Å². The van der Waals surface area contributed by atoms with Crippen LogP contribution in [0.25, 0.3) is 0 Å². The van der Waals surface area contributed by atoms with Crippen molar-refractivity contribution in [1.29, 1.82) is 0 Å². The fourth-order valence-corrected chi connectivity index (χ4v) is 5.09. The number of nitrogens with one attached hydrogen (secondary N) is 1. The first-order valence-corrected chi connectivity index (χ1v) is 7.97. The number of likely N-dealkylation sites (N-methyl/N-ethyl adjacent to an activating group) is 1. The smallest absolute Gasteiger partial charge is 0.169 e. The van der Waals surface area contributed by atoms with Gasteiger partial charge in [0.1, 0.15) is 11.8 Å². The fraction of sp³-hybridized carbons (Fsp3) is 0.444. The minimum atomic E-state index is -0.133. The van der Waals surface area contributed by atoms with Gasteiger partial charge in [-0.1, -0.05) is 12.1 Å². The van der Waals surface area contributed by atoms with Crippen LogP contribution in [-0.4, -0.2) is 38.0 Å². The van der Waals surface area contributed by atoms with Crippen LogP contribution in [0.15, 0.2) is 35.6 Å². The predicted molar refractivity (Wildman–Crippen MR) is 81.2 cm³/mol. The van der Waals surface area contributed by atoms with Crippen LogP contribution in [0.2, 0.25) is 0 Å². The van der Waals surface area contributed by atoms with Crippen LogP contribution >= 0.6 is 0 Å². The number of ether oxygens (including phenoxy) is 2. The quantitative estimate of drug-likeness (QED) is 0.802. The van der Waals surface area contributed by atoms with Crippen LogP contribution < -0.4 is 9.64 Å². The summed E-state index contributed by atoms with van der Waals surface area (Å²) in [5, 5.41) is 10.3. The van der Waals surface area contributed by atoms with Gasteiger partial charge in [-0.25, -0.2) is 0 Å². The van der Waals surface area contributed by atoms with Crippen molar-refractivity contribution in [1.82, 2.24) is 0 Å². The summed E-state index contributed by atoms with van der Waals surface area (Å²) < 4.78 is 11.9. The number of phenolic OH excluding ortho intramolecular Hbond substituents is 1. The number of hydrogen-bond acceptors (Lipinski definition) is 3. The van der Waals surface area contributed by atoms with E-state index in [1.165, 1.54) is 16.7 Å². The number of phenols is 1. The third kappa shape index (κ3) is 1.20. The van der Waals surface area contributed by atoms with Crippen molar-refractivity contribution in [2.24, 2.45) is 0 Å². The SMILES string of the molecule is COC1=CC=C2[C@@H]3Cc4ccc(O)c5c4C2(CC[NH+]3C)[C@@H]1O5. The minimum absolute atomic E-state index is 0.129. The van der Waals surface area contributed by atoms with Gasteiger partial charge in [0.2, 0.25) is 0 Å². The number of benzene rings is 1. The van der Waals surface area contributed by atoms with Crippen LogP contribution in [0, 0.1) is 0 Å². The summed E-state index contributed by atoms with van der Waals surface area (Å²) in [6, 6.07) is 4.35. The highest BCUT2D eigenvalue weighted by molar-refractivity contribution is 5.66. The summed E-state index contributed by atoms with van der Waals surface area (Å²) in [6.07, 6.45) is 6.23. The molecule has 5 rings (SSSR count). The number of quaternary nitrogens is 1. The van der Waals surface area contributed by atoms with Crippen LogP contribution in [-0.2, 0) is 16.6 Å². The molecule has 0 radical (unpaired) electrons. The molecule has 0 amide bonds. The van der Waals surface area contributed by atoms with Crippen molar-refractivity contribution in [3.8, 4) is 11.5 Å². The van der Waals surface area contributed by atoms with Gasteiger partial charge >= 0.3 is 0 Å². The molecule has 114 valence electrons. The third-order valence-electron chi connectivity index (χ3n) is 6.10.